The number of H-pyrrole nitrogens is 1. The highest BCUT2D eigenvalue weighted by Gasteiger charge is 2.11. The summed E-state index contributed by atoms with van der Waals surface area (Å²) < 4.78 is 0. The summed E-state index contributed by atoms with van der Waals surface area (Å²) >= 11 is 5.02. The summed E-state index contributed by atoms with van der Waals surface area (Å²) in [5.41, 5.74) is 2.32. The smallest absolute Gasteiger partial charge is 0.218 e. The number of hydrogen-bond donors (Lipinski definition) is 2. The molecule has 1 heterocycles. The first kappa shape index (κ1) is 12.5. The van der Waals surface area contributed by atoms with E-state index >= 15 is 0 Å². The van der Waals surface area contributed by atoms with Gasteiger partial charge in [0.05, 0.1) is 5.52 Å². The molecule has 18 heavy (non-hydrogen) atoms. The molecule has 0 saturated heterocycles. The Balaban J connectivity index is 2.49. The number of azo groups is 1. The van der Waals surface area contributed by atoms with Gasteiger partial charge in [-0.25, -0.2) is 0 Å². The minimum atomic E-state index is 0.00426. The largest absolute Gasteiger partial charge is 0.493 e. The van der Waals surface area contributed by atoms with Crippen molar-refractivity contribution in [1.29, 1.82) is 0 Å². The van der Waals surface area contributed by atoms with E-state index in [0.717, 1.165) is 16.5 Å². The van der Waals surface area contributed by atoms with Crippen molar-refractivity contribution < 1.29 is 5.11 Å². The number of hydrogen-bond acceptors (Lipinski definition) is 3. The molecule has 94 valence electrons. The Morgan fingerprint density at radius 2 is 2.11 bits per heavy atom. The zero-order valence-corrected chi connectivity index (χ0v) is 11.2. The highest BCUT2D eigenvalue weighted by atomic mass is 32.1. The zero-order valence-electron chi connectivity index (χ0n) is 10.4. The first-order valence-corrected chi connectivity index (χ1v) is 5.85. The molecule has 0 spiro atoms. The molecule has 0 amide bonds. The summed E-state index contributed by atoms with van der Waals surface area (Å²) in [4.78, 5) is 4.57. The molecule has 0 aliphatic heterocycles. The van der Waals surface area contributed by atoms with Crippen molar-refractivity contribution in [2.45, 2.75) is 6.92 Å². The van der Waals surface area contributed by atoms with Crippen LogP contribution < -0.4 is 0 Å². The topological polar surface area (TPSA) is 64.0 Å². The van der Waals surface area contributed by atoms with Crippen molar-refractivity contribution in [2.24, 2.45) is 10.2 Å². The van der Waals surface area contributed by atoms with Gasteiger partial charge in [0.1, 0.15) is 0 Å². The molecule has 2 aromatic rings. The standard InChI is InChI=1S/C12H14N4OS/c1-7-5-4-6-8-9(7)13-11(17)10(8)14-15-12(18)16(2)3/h4-6,13,17H,1-3H3. The average Bonchev–Trinajstić information content (AvgIpc) is 2.64. The van der Waals surface area contributed by atoms with Gasteiger partial charge in [0, 0.05) is 19.5 Å². The number of nitrogens with zero attached hydrogens (tertiary/aromatic N) is 3. The molecule has 0 fully saturated rings. The SMILES string of the molecule is Cc1cccc2c(N=NC(=S)N(C)C)c(O)[nH]c12. The summed E-state index contributed by atoms with van der Waals surface area (Å²) in [6, 6.07) is 5.75. The van der Waals surface area contributed by atoms with Gasteiger partial charge in [0.2, 0.25) is 11.0 Å². The average molecular weight is 262 g/mol. The van der Waals surface area contributed by atoms with E-state index in [1.165, 1.54) is 0 Å². The van der Waals surface area contributed by atoms with Gasteiger partial charge in [-0.3, -0.25) is 0 Å². The number of rotatable bonds is 1. The lowest BCUT2D eigenvalue weighted by Gasteiger charge is -2.06. The molecule has 5 nitrogen and oxygen atoms in total. The predicted molar refractivity (Wildman–Crippen MR) is 75.5 cm³/mol. The Morgan fingerprint density at radius 1 is 1.39 bits per heavy atom. The van der Waals surface area contributed by atoms with Crippen LogP contribution >= 0.6 is 12.2 Å². The second-order valence-corrected chi connectivity index (χ2v) is 4.56. The fourth-order valence-corrected chi connectivity index (χ4v) is 1.66. The Kier molecular flexibility index (Phi) is 3.29. The van der Waals surface area contributed by atoms with Crippen LogP contribution in [0.15, 0.2) is 28.4 Å². The molecule has 0 unspecified atom stereocenters. The summed E-state index contributed by atoms with van der Waals surface area (Å²) in [5, 5.41) is 19.0. The molecule has 1 aromatic heterocycles. The number of aromatic amines is 1. The Morgan fingerprint density at radius 3 is 2.78 bits per heavy atom. The molecule has 2 rings (SSSR count). The van der Waals surface area contributed by atoms with E-state index in [9.17, 15) is 5.11 Å². The third kappa shape index (κ3) is 2.19. The summed E-state index contributed by atoms with van der Waals surface area (Å²) in [6.45, 7) is 1.96. The van der Waals surface area contributed by atoms with Crippen molar-refractivity contribution in [1.82, 2.24) is 9.88 Å². The van der Waals surface area contributed by atoms with Crippen molar-refractivity contribution in [3.8, 4) is 5.88 Å². The van der Waals surface area contributed by atoms with E-state index < -0.39 is 0 Å². The van der Waals surface area contributed by atoms with Gasteiger partial charge in [-0.1, -0.05) is 18.2 Å². The van der Waals surface area contributed by atoms with E-state index in [2.05, 4.69) is 15.2 Å². The number of fused-ring (bicyclic) bond motifs is 1. The third-order valence-corrected chi connectivity index (χ3v) is 3.06. The first-order valence-electron chi connectivity index (χ1n) is 5.44. The number of para-hydroxylation sites is 1. The molecule has 0 saturated carbocycles. The van der Waals surface area contributed by atoms with Crippen LogP contribution in [0.25, 0.3) is 10.9 Å². The van der Waals surface area contributed by atoms with Crippen molar-refractivity contribution in [2.75, 3.05) is 14.1 Å². The quantitative estimate of drug-likeness (QED) is 0.613. The van der Waals surface area contributed by atoms with Gasteiger partial charge >= 0.3 is 0 Å². The molecule has 0 aliphatic carbocycles. The van der Waals surface area contributed by atoms with Crippen molar-refractivity contribution >= 4 is 33.9 Å². The third-order valence-electron chi connectivity index (χ3n) is 2.61. The minimum Gasteiger partial charge on any atom is -0.493 e. The summed E-state index contributed by atoms with van der Waals surface area (Å²) in [5.74, 6) is 0.00426. The van der Waals surface area contributed by atoms with Crippen LogP contribution in [0.3, 0.4) is 0 Å². The molecule has 6 heteroatoms. The van der Waals surface area contributed by atoms with Crippen LogP contribution in [0.1, 0.15) is 5.56 Å². The van der Waals surface area contributed by atoms with Crippen molar-refractivity contribution in [3.63, 3.8) is 0 Å². The Hall–Kier alpha value is -1.95. The molecule has 0 bridgehead atoms. The van der Waals surface area contributed by atoms with Gasteiger partial charge in [-0.05, 0) is 24.7 Å². The molecule has 0 atom stereocenters. The fourth-order valence-electron chi connectivity index (χ4n) is 1.62. The van der Waals surface area contributed by atoms with E-state index in [4.69, 9.17) is 12.2 Å². The van der Waals surface area contributed by atoms with Crippen LogP contribution in [0.2, 0.25) is 0 Å². The summed E-state index contributed by atoms with van der Waals surface area (Å²) in [6.07, 6.45) is 0. The lowest BCUT2D eigenvalue weighted by atomic mass is 10.1. The Bertz CT molecular complexity index is 630. The van der Waals surface area contributed by atoms with Gasteiger partial charge in [-0.15, -0.1) is 10.2 Å². The number of benzene rings is 1. The van der Waals surface area contributed by atoms with Crippen LogP contribution in [-0.2, 0) is 0 Å². The number of nitrogens with one attached hydrogen (secondary N) is 1. The highest BCUT2D eigenvalue weighted by molar-refractivity contribution is 7.80. The zero-order chi connectivity index (χ0) is 13.3. The predicted octanol–water partition coefficient (Wildman–Crippen LogP) is 3.11. The summed E-state index contributed by atoms with van der Waals surface area (Å²) in [7, 11) is 3.58. The number of aromatic nitrogens is 1. The van der Waals surface area contributed by atoms with E-state index in [1.54, 1.807) is 19.0 Å². The number of aromatic hydroxyl groups is 1. The monoisotopic (exact) mass is 262 g/mol. The highest BCUT2D eigenvalue weighted by Crippen LogP contribution is 2.36. The van der Waals surface area contributed by atoms with Crippen LogP contribution in [0.5, 0.6) is 5.88 Å². The molecule has 2 N–H and O–H groups in total. The lowest BCUT2D eigenvalue weighted by molar-refractivity contribution is 0.459. The maximum atomic E-state index is 9.84. The van der Waals surface area contributed by atoms with Gasteiger partial charge < -0.3 is 15.0 Å². The first-order chi connectivity index (χ1) is 8.50. The number of thiocarbonyl (C=S) groups is 1. The maximum absolute atomic E-state index is 9.84. The molecule has 0 radical (unpaired) electrons. The van der Waals surface area contributed by atoms with E-state index in [0.29, 0.717) is 10.8 Å². The van der Waals surface area contributed by atoms with Crippen LogP contribution in [0, 0.1) is 6.92 Å². The molecular formula is C12H14N4OS. The van der Waals surface area contributed by atoms with Crippen LogP contribution in [-0.4, -0.2) is 34.2 Å². The second kappa shape index (κ2) is 4.73. The molecular weight excluding hydrogens is 248 g/mol. The fraction of sp³-hybridized carbons (Fsp3) is 0.250. The van der Waals surface area contributed by atoms with Gasteiger partial charge in [-0.2, -0.15) is 0 Å². The van der Waals surface area contributed by atoms with E-state index in [1.807, 2.05) is 25.1 Å². The van der Waals surface area contributed by atoms with Crippen LogP contribution in [0.4, 0.5) is 5.69 Å². The molecule has 1 aromatic carbocycles. The normalized spacial score (nSPS) is 11.3. The number of aryl methyl sites for hydroxylation is 1. The van der Waals surface area contributed by atoms with Gasteiger partial charge in [0.15, 0.2) is 5.69 Å². The lowest BCUT2D eigenvalue weighted by Crippen LogP contribution is -2.16. The van der Waals surface area contributed by atoms with Gasteiger partial charge in [0.25, 0.3) is 0 Å². The molecule has 0 aliphatic rings. The van der Waals surface area contributed by atoms with Crippen molar-refractivity contribution in [3.05, 3.63) is 23.8 Å². The second-order valence-electron chi connectivity index (χ2n) is 4.20. The Labute approximate surface area is 110 Å². The minimum absolute atomic E-state index is 0.00426. The van der Waals surface area contributed by atoms with E-state index in [-0.39, 0.29) is 5.88 Å². The maximum Gasteiger partial charge on any atom is 0.218 e.